The van der Waals surface area contributed by atoms with Gasteiger partial charge < -0.3 is 5.11 Å². The molecule has 0 spiro atoms. The molecule has 0 aromatic heterocycles. The van der Waals surface area contributed by atoms with Crippen LogP contribution in [0.25, 0.3) is 0 Å². The highest BCUT2D eigenvalue weighted by Gasteiger charge is 2.20. The van der Waals surface area contributed by atoms with E-state index in [9.17, 15) is 9.90 Å². The Hall–Kier alpha value is -2.97. The van der Waals surface area contributed by atoms with Crippen molar-refractivity contribution >= 4 is 5.78 Å². The van der Waals surface area contributed by atoms with Gasteiger partial charge in [0, 0.05) is 5.56 Å². The Bertz CT molecular complexity index is 753. The van der Waals surface area contributed by atoms with Crippen molar-refractivity contribution in [2.45, 2.75) is 12.5 Å². The maximum absolute atomic E-state index is 12.4. The lowest BCUT2D eigenvalue weighted by Crippen LogP contribution is -2.14. The fourth-order valence-corrected chi connectivity index (χ4v) is 2.41. The Morgan fingerprint density at radius 3 is 1.88 bits per heavy atom. The molecule has 0 saturated heterocycles. The third-order valence-electron chi connectivity index (χ3n) is 3.68. The van der Waals surface area contributed by atoms with Crippen molar-refractivity contribution in [1.82, 2.24) is 0 Å². The van der Waals surface area contributed by atoms with Crippen molar-refractivity contribution in [3.05, 3.63) is 120 Å². The minimum Gasteiger partial charge on any atom is -0.380 e. The van der Waals surface area contributed by atoms with E-state index >= 15 is 0 Å². The molecule has 0 aliphatic rings. The molecule has 126 valence electrons. The van der Waals surface area contributed by atoms with Crippen LogP contribution in [0.4, 0.5) is 0 Å². The van der Waals surface area contributed by atoms with E-state index in [4.69, 9.17) is 0 Å². The number of benzene rings is 3. The maximum atomic E-state index is 12.4. The van der Waals surface area contributed by atoms with Gasteiger partial charge in [0.1, 0.15) is 6.10 Å². The van der Waals surface area contributed by atoms with E-state index in [1.54, 1.807) is 30.3 Å². The zero-order valence-electron chi connectivity index (χ0n) is 14.1. The molecule has 3 aromatic rings. The third kappa shape index (κ3) is 5.55. The number of carbonyl (C=O) groups excluding carboxylic acids is 1. The molecule has 0 amide bonds. The van der Waals surface area contributed by atoms with Gasteiger partial charge in [0.05, 0.1) is 0 Å². The Morgan fingerprint density at radius 1 is 0.840 bits per heavy atom. The first-order valence-corrected chi connectivity index (χ1v) is 8.20. The highest BCUT2D eigenvalue weighted by molar-refractivity contribution is 6.01. The molecule has 1 N–H and O–H groups in total. The average Bonchev–Trinajstić information content (AvgIpc) is 2.70. The fraction of sp³-hybridized carbons (Fsp3) is 0.0870. The van der Waals surface area contributed by atoms with Crippen molar-refractivity contribution in [2.24, 2.45) is 0 Å². The molecule has 25 heavy (non-hydrogen) atoms. The molecule has 0 heterocycles. The van der Waals surface area contributed by atoms with Crippen molar-refractivity contribution in [3.63, 3.8) is 0 Å². The topological polar surface area (TPSA) is 37.3 Å². The van der Waals surface area contributed by atoms with Gasteiger partial charge in [0.15, 0.2) is 5.78 Å². The predicted molar refractivity (Wildman–Crippen MR) is 103 cm³/mol. The highest BCUT2D eigenvalue weighted by Crippen LogP contribution is 2.21. The summed E-state index contributed by atoms with van der Waals surface area (Å²) in [4.78, 5) is 12.4. The molecule has 3 rings (SSSR count). The lowest BCUT2D eigenvalue weighted by molar-refractivity contribution is 0.0746. The smallest absolute Gasteiger partial charge is 0.196 e. The SMILES string of the molecule is C=CCc1ccccc1C(=O)C(O)c1ccccc1.c1ccccc1. The Labute approximate surface area is 149 Å². The summed E-state index contributed by atoms with van der Waals surface area (Å²) in [6.07, 6.45) is 1.25. The first kappa shape index (κ1) is 18.4. The molecule has 0 aliphatic carbocycles. The van der Waals surface area contributed by atoms with E-state index in [1.807, 2.05) is 66.7 Å². The standard InChI is InChI=1S/C17H16O2.C6H6/c1-2-8-13-9-6-7-12-15(13)17(19)16(18)14-10-4-3-5-11-14;1-2-4-6-5-3-1/h2-7,9-12,16,18H,1,8H2;1-6H. The molecule has 2 heteroatoms. The van der Waals surface area contributed by atoms with Crippen LogP contribution in [0, 0.1) is 0 Å². The first-order chi connectivity index (χ1) is 12.2. The Kier molecular flexibility index (Phi) is 7.36. The van der Waals surface area contributed by atoms with E-state index in [1.165, 1.54) is 0 Å². The number of hydrogen-bond acceptors (Lipinski definition) is 2. The van der Waals surface area contributed by atoms with Gasteiger partial charge in [0.2, 0.25) is 0 Å². The minimum absolute atomic E-state index is 0.274. The molecule has 3 aromatic carbocycles. The van der Waals surface area contributed by atoms with Crippen LogP contribution in [0.1, 0.15) is 27.6 Å². The Morgan fingerprint density at radius 2 is 1.32 bits per heavy atom. The molecule has 0 fully saturated rings. The first-order valence-electron chi connectivity index (χ1n) is 8.20. The van der Waals surface area contributed by atoms with Crippen molar-refractivity contribution < 1.29 is 9.90 Å². The van der Waals surface area contributed by atoms with Crippen LogP contribution >= 0.6 is 0 Å². The van der Waals surface area contributed by atoms with Crippen LogP contribution < -0.4 is 0 Å². The third-order valence-corrected chi connectivity index (χ3v) is 3.68. The summed E-state index contributed by atoms with van der Waals surface area (Å²) in [5, 5.41) is 10.2. The van der Waals surface area contributed by atoms with E-state index in [0.29, 0.717) is 17.5 Å². The second kappa shape index (κ2) is 10.0. The lowest BCUT2D eigenvalue weighted by atomic mass is 9.95. The second-order valence-corrected chi connectivity index (χ2v) is 5.48. The van der Waals surface area contributed by atoms with E-state index in [-0.39, 0.29) is 5.78 Å². The number of Topliss-reactive ketones (excluding diaryl/α,β-unsaturated/α-hetero) is 1. The van der Waals surface area contributed by atoms with Crippen LogP contribution in [0.15, 0.2) is 104 Å². The zero-order chi connectivity index (χ0) is 17.9. The monoisotopic (exact) mass is 330 g/mol. The van der Waals surface area contributed by atoms with Crippen LogP contribution in [0.5, 0.6) is 0 Å². The summed E-state index contributed by atoms with van der Waals surface area (Å²) in [5.41, 5.74) is 2.05. The van der Waals surface area contributed by atoms with Crippen molar-refractivity contribution in [2.75, 3.05) is 0 Å². The molecular formula is C23H22O2. The summed E-state index contributed by atoms with van der Waals surface area (Å²) in [6, 6.07) is 28.3. The van der Waals surface area contributed by atoms with Crippen LogP contribution in [-0.4, -0.2) is 10.9 Å². The molecule has 1 unspecified atom stereocenters. The number of aliphatic hydroxyl groups is 1. The van der Waals surface area contributed by atoms with Gasteiger partial charge in [0.25, 0.3) is 0 Å². The predicted octanol–water partition coefficient (Wildman–Crippen LogP) is 5.02. The van der Waals surface area contributed by atoms with Gasteiger partial charge in [-0.1, -0.05) is 97.1 Å². The number of hydrogen-bond donors (Lipinski definition) is 1. The van der Waals surface area contributed by atoms with Gasteiger partial charge in [-0.3, -0.25) is 4.79 Å². The van der Waals surface area contributed by atoms with Gasteiger partial charge in [-0.15, -0.1) is 6.58 Å². The normalized spacial score (nSPS) is 10.9. The molecule has 0 radical (unpaired) electrons. The summed E-state index contributed by atoms with van der Waals surface area (Å²) in [7, 11) is 0. The summed E-state index contributed by atoms with van der Waals surface area (Å²) in [5.74, 6) is -0.274. The number of aliphatic hydroxyl groups excluding tert-OH is 1. The number of carbonyl (C=O) groups is 1. The van der Waals surface area contributed by atoms with Gasteiger partial charge in [-0.05, 0) is 17.5 Å². The summed E-state index contributed by atoms with van der Waals surface area (Å²) in [6.45, 7) is 3.69. The lowest BCUT2D eigenvalue weighted by Gasteiger charge is -2.12. The van der Waals surface area contributed by atoms with E-state index in [2.05, 4.69) is 6.58 Å². The molecule has 0 aliphatic heterocycles. The number of rotatable bonds is 5. The molecule has 0 bridgehead atoms. The second-order valence-electron chi connectivity index (χ2n) is 5.48. The van der Waals surface area contributed by atoms with Crippen LogP contribution in [-0.2, 0) is 6.42 Å². The van der Waals surface area contributed by atoms with E-state index in [0.717, 1.165) is 5.56 Å². The Balaban J connectivity index is 0.000000316. The minimum atomic E-state index is -1.12. The van der Waals surface area contributed by atoms with Gasteiger partial charge in [-0.25, -0.2) is 0 Å². The molecule has 0 saturated carbocycles. The molecular weight excluding hydrogens is 308 g/mol. The maximum Gasteiger partial charge on any atom is 0.196 e. The number of ketones is 1. The van der Waals surface area contributed by atoms with Crippen LogP contribution in [0.3, 0.4) is 0 Å². The van der Waals surface area contributed by atoms with Crippen molar-refractivity contribution in [3.8, 4) is 0 Å². The molecule has 1 atom stereocenters. The summed E-state index contributed by atoms with van der Waals surface area (Å²) >= 11 is 0. The quantitative estimate of drug-likeness (QED) is 0.527. The van der Waals surface area contributed by atoms with Crippen LogP contribution in [0.2, 0.25) is 0 Å². The molecule has 2 nitrogen and oxygen atoms in total. The zero-order valence-corrected chi connectivity index (χ0v) is 14.1. The van der Waals surface area contributed by atoms with Gasteiger partial charge in [-0.2, -0.15) is 0 Å². The number of allylic oxidation sites excluding steroid dienone is 1. The summed E-state index contributed by atoms with van der Waals surface area (Å²) < 4.78 is 0. The average molecular weight is 330 g/mol. The highest BCUT2D eigenvalue weighted by atomic mass is 16.3. The van der Waals surface area contributed by atoms with Gasteiger partial charge >= 0.3 is 0 Å². The fourth-order valence-electron chi connectivity index (χ4n) is 2.41. The van der Waals surface area contributed by atoms with E-state index < -0.39 is 6.10 Å². The largest absolute Gasteiger partial charge is 0.380 e. The van der Waals surface area contributed by atoms with Crippen molar-refractivity contribution in [1.29, 1.82) is 0 Å².